The van der Waals surface area contributed by atoms with Gasteiger partial charge in [0.15, 0.2) is 5.82 Å². The summed E-state index contributed by atoms with van der Waals surface area (Å²) in [6.45, 7) is 1.07. The third kappa shape index (κ3) is 2.88. The Morgan fingerprint density at radius 1 is 1.11 bits per heavy atom. The molecular formula is C13H21N3OS. The molecule has 2 aliphatic rings. The second kappa shape index (κ2) is 6.06. The molecule has 0 radical (unpaired) electrons. The van der Waals surface area contributed by atoms with E-state index in [1.54, 1.807) is 0 Å². The van der Waals surface area contributed by atoms with Crippen molar-refractivity contribution >= 4 is 11.8 Å². The Hall–Kier alpha value is -0.550. The maximum atomic E-state index is 5.48. The van der Waals surface area contributed by atoms with E-state index in [9.17, 15) is 0 Å². The largest absolute Gasteiger partial charge is 0.338 e. The van der Waals surface area contributed by atoms with Gasteiger partial charge in [-0.05, 0) is 38.0 Å². The van der Waals surface area contributed by atoms with Crippen LogP contribution in [0.3, 0.4) is 0 Å². The molecule has 2 saturated heterocycles. The van der Waals surface area contributed by atoms with E-state index in [0.717, 1.165) is 24.7 Å². The monoisotopic (exact) mass is 267 g/mol. The lowest BCUT2D eigenvalue weighted by Gasteiger charge is -2.17. The van der Waals surface area contributed by atoms with Gasteiger partial charge in [0.2, 0.25) is 5.89 Å². The number of aromatic nitrogens is 2. The van der Waals surface area contributed by atoms with Gasteiger partial charge < -0.3 is 9.84 Å². The highest BCUT2D eigenvalue weighted by Crippen LogP contribution is 2.37. The average Bonchev–Trinajstić information content (AvgIpc) is 2.76. The minimum absolute atomic E-state index is 0.280. The van der Waals surface area contributed by atoms with E-state index in [0.29, 0.717) is 5.25 Å². The second-order valence-corrected chi connectivity index (χ2v) is 6.51. The number of nitrogens with zero attached hydrogens (tertiary/aromatic N) is 2. The molecule has 4 nitrogen and oxygen atoms in total. The molecule has 2 unspecified atom stereocenters. The van der Waals surface area contributed by atoms with Crippen LogP contribution < -0.4 is 5.32 Å². The van der Waals surface area contributed by atoms with Gasteiger partial charge in [-0.1, -0.05) is 24.4 Å². The maximum absolute atomic E-state index is 5.48. The molecule has 2 aliphatic heterocycles. The van der Waals surface area contributed by atoms with Gasteiger partial charge in [0.1, 0.15) is 0 Å². The summed E-state index contributed by atoms with van der Waals surface area (Å²) in [5, 5.41) is 8.17. The highest BCUT2D eigenvalue weighted by atomic mass is 32.2. The van der Waals surface area contributed by atoms with Crippen molar-refractivity contribution in [1.82, 2.24) is 15.5 Å². The molecule has 0 bridgehead atoms. The van der Waals surface area contributed by atoms with Gasteiger partial charge in [-0.15, -0.1) is 0 Å². The second-order valence-electron chi connectivity index (χ2n) is 5.20. The first kappa shape index (κ1) is 12.5. The molecular weight excluding hydrogens is 246 g/mol. The zero-order valence-corrected chi connectivity index (χ0v) is 11.5. The molecule has 0 amide bonds. The molecule has 1 aromatic rings. The molecule has 0 aromatic carbocycles. The molecule has 18 heavy (non-hydrogen) atoms. The van der Waals surface area contributed by atoms with Crippen molar-refractivity contribution in [2.45, 2.75) is 56.2 Å². The number of hydrogen-bond acceptors (Lipinski definition) is 5. The standard InChI is InChI=1S/C13H21N3OS/c1-2-6-10(14-8-4-1)13-15-12(16-17-13)11-7-3-5-9-18-11/h10-11,14H,1-9H2. The van der Waals surface area contributed by atoms with Crippen LogP contribution >= 0.6 is 11.8 Å². The predicted octanol–water partition coefficient (Wildman–Crippen LogP) is 3.23. The summed E-state index contributed by atoms with van der Waals surface area (Å²) in [4.78, 5) is 4.64. The molecule has 0 saturated carbocycles. The normalized spacial score (nSPS) is 30.0. The lowest BCUT2D eigenvalue weighted by molar-refractivity contribution is 0.324. The predicted molar refractivity (Wildman–Crippen MR) is 72.6 cm³/mol. The van der Waals surface area contributed by atoms with Gasteiger partial charge in [-0.2, -0.15) is 16.7 Å². The van der Waals surface area contributed by atoms with Crippen LogP contribution in [0.1, 0.15) is 68.0 Å². The van der Waals surface area contributed by atoms with Crippen LogP contribution in [0.5, 0.6) is 0 Å². The molecule has 1 N–H and O–H groups in total. The number of hydrogen-bond donors (Lipinski definition) is 1. The van der Waals surface area contributed by atoms with Crippen molar-refractivity contribution in [2.24, 2.45) is 0 Å². The zero-order valence-electron chi connectivity index (χ0n) is 10.7. The minimum Gasteiger partial charge on any atom is -0.338 e. The van der Waals surface area contributed by atoms with E-state index in [-0.39, 0.29) is 6.04 Å². The van der Waals surface area contributed by atoms with Crippen molar-refractivity contribution in [2.75, 3.05) is 12.3 Å². The van der Waals surface area contributed by atoms with Gasteiger partial charge in [0, 0.05) is 0 Å². The van der Waals surface area contributed by atoms with E-state index in [1.807, 2.05) is 11.8 Å². The smallest absolute Gasteiger partial charge is 0.243 e. The summed E-state index contributed by atoms with van der Waals surface area (Å²) in [7, 11) is 0. The fourth-order valence-corrected chi connectivity index (χ4v) is 3.94. The van der Waals surface area contributed by atoms with E-state index < -0.39 is 0 Å². The zero-order chi connectivity index (χ0) is 12.2. The van der Waals surface area contributed by atoms with Gasteiger partial charge in [-0.3, -0.25) is 0 Å². The summed E-state index contributed by atoms with van der Waals surface area (Å²) in [5.41, 5.74) is 0. The van der Waals surface area contributed by atoms with E-state index in [4.69, 9.17) is 4.52 Å². The fraction of sp³-hybridized carbons (Fsp3) is 0.846. The van der Waals surface area contributed by atoms with Crippen LogP contribution in [0, 0.1) is 0 Å². The first-order chi connectivity index (χ1) is 8.93. The van der Waals surface area contributed by atoms with Crippen LogP contribution in [0.15, 0.2) is 4.52 Å². The molecule has 3 rings (SSSR count). The molecule has 2 fully saturated rings. The molecule has 5 heteroatoms. The Morgan fingerprint density at radius 2 is 2.06 bits per heavy atom. The molecule has 1 aromatic heterocycles. The highest BCUT2D eigenvalue weighted by Gasteiger charge is 2.25. The summed E-state index contributed by atoms with van der Waals surface area (Å²) in [6.07, 6.45) is 8.77. The molecule has 3 heterocycles. The van der Waals surface area contributed by atoms with Gasteiger partial charge in [0.05, 0.1) is 11.3 Å². The van der Waals surface area contributed by atoms with Crippen LogP contribution in [0.2, 0.25) is 0 Å². The third-order valence-corrected chi connectivity index (χ3v) is 5.16. The Balaban J connectivity index is 1.67. The summed E-state index contributed by atoms with van der Waals surface area (Å²) < 4.78 is 5.48. The van der Waals surface area contributed by atoms with E-state index >= 15 is 0 Å². The molecule has 0 spiro atoms. The fourth-order valence-electron chi connectivity index (χ4n) is 2.70. The van der Waals surface area contributed by atoms with Crippen LogP contribution in [0.25, 0.3) is 0 Å². The van der Waals surface area contributed by atoms with Gasteiger partial charge in [0.25, 0.3) is 0 Å². The SMILES string of the molecule is C1CCNC(c2nc(C3CCCCS3)no2)CC1. The minimum atomic E-state index is 0.280. The topological polar surface area (TPSA) is 51.0 Å². The van der Waals surface area contributed by atoms with Gasteiger partial charge in [-0.25, -0.2) is 0 Å². The number of nitrogens with one attached hydrogen (secondary N) is 1. The van der Waals surface area contributed by atoms with Gasteiger partial charge >= 0.3 is 0 Å². The Bertz CT molecular complexity index is 368. The summed E-state index contributed by atoms with van der Waals surface area (Å²) in [6, 6.07) is 0.280. The summed E-state index contributed by atoms with van der Waals surface area (Å²) >= 11 is 1.97. The van der Waals surface area contributed by atoms with Crippen molar-refractivity contribution in [3.8, 4) is 0 Å². The van der Waals surface area contributed by atoms with E-state index in [2.05, 4.69) is 15.5 Å². The third-order valence-electron chi connectivity index (χ3n) is 3.78. The molecule has 100 valence electrons. The first-order valence-electron chi connectivity index (χ1n) is 7.12. The number of rotatable bonds is 2. The van der Waals surface area contributed by atoms with Crippen LogP contribution in [0.4, 0.5) is 0 Å². The van der Waals surface area contributed by atoms with Crippen molar-refractivity contribution in [3.63, 3.8) is 0 Å². The number of thioether (sulfide) groups is 1. The molecule has 0 aliphatic carbocycles. The Morgan fingerprint density at radius 3 is 2.94 bits per heavy atom. The Labute approximate surface area is 112 Å². The quantitative estimate of drug-likeness (QED) is 0.891. The van der Waals surface area contributed by atoms with Crippen molar-refractivity contribution in [1.29, 1.82) is 0 Å². The van der Waals surface area contributed by atoms with Crippen molar-refractivity contribution < 1.29 is 4.52 Å². The maximum Gasteiger partial charge on any atom is 0.243 e. The Kier molecular flexibility index (Phi) is 4.20. The molecule has 2 atom stereocenters. The first-order valence-corrected chi connectivity index (χ1v) is 8.17. The van der Waals surface area contributed by atoms with Crippen LogP contribution in [-0.4, -0.2) is 22.4 Å². The highest BCUT2D eigenvalue weighted by molar-refractivity contribution is 7.99. The van der Waals surface area contributed by atoms with E-state index in [1.165, 1.54) is 44.3 Å². The summed E-state index contributed by atoms with van der Waals surface area (Å²) in [5.74, 6) is 2.95. The lowest BCUT2D eigenvalue weighted by Crippen LogP contribution is -2.20. The average molecular weight is 267 g/mol. The lowest BCUT2D eigenvalue weighted by atomic mass is 10.1. The van der Waals surface area contributed by atoms with Crippen molar-refractivity contribution in [3.05, 3.63) is 11.7 Å². The van der Waals surface area contributed by atoms with Crippen LogP contribution in [-0.2, 0) is 0 Å².